The topological polar surface area (TPSA) is 59.9 Å². The SMILES string of the molecule is COC(=O)COc1c(I)cc(/C=N/NC(F)(F)C(F)(F)C(F)(F)F)cc1I. The Kier molecular flexibility index (Phi) is 7.95. The van der Waals surface area contributed by atoms with Crippen molar-refractivity contribution in [2.45, 2.75) is 18.1 Å². The molecule has 0 aliphatic heterocycles. The number of hydrogen-bond acceptors (Lipinski definition) is 5. The van der Waals surface area contributed by atoms with Crippen molar-refractivity contribution in [2.75, 3.05) is 13.7 Å². The number of methoxy groups -OCH3 is 1. The van der Waals surface area contributed by atoms with Crippen LogP contribution in [0.4, 0.5) is 30.7 Å². The van der Waals surface area contributed by atoms with Crippen molar-refractivity contribution in [3.05, 3.63) is 24.8 Å². The van der Waals surface area contributed by atoms with Crippen molar-refractivity contribution in [1.82, 2.24) is 5.43 Å². The van der Waals surface area contributed by atoms with Gasteiger partial charge < -0.3 is 9.47 Å². The van der Waals surface area contributed by atoms with Gasteiger partial charge in [-0.3, -0.25) is 0 Å². The first-order valence-corrected chi connectivity index (χ1v) is 8.70. The third kappa shape index (κ3) is 5.95. The van der Waals surface area contributed by atoms with Gasteiger partial charge >= 0.3 is 24.1 Å². The summed E-state index contributed by atoms with van der Waals surface area (Å²) in [6.07, 6.45) is -5.82. The maximum absolute atomic E-state index is 13.1. The third-order valence-corrected chi connectivity index (χ3v) is 4.35. The molecule has 5 nitrogen and oxygen atoms in total. The molecule has 27 heavy (non-hydrogen) atoms. The van der Waals surface area contributed by atoms with Gasteiger partial charge in [-0.05, 0) is 62.9 Å². The van der Waals surface area contributed by atoms with Gasteiger partial charge in [0.2, 0.25) is 0 Å². The lowest BCUT2D eigenvalue weighted by molar-refractivity contribution is -0.361. The van der Waals surface area contributed by atoms with Crippen molar-refractivity contribution in [3.8, 4) is 5.75 Å². The van der Waals surface area contributed by atoms with E-state index in [-0.39, 0.29) is 11.3 Å². The number of nitrogens with one attached hydrogen (secondary N) is 1. The molecule has 0 aliphatic rings. The third-order valence-electron chi connectivity index (χ3n) is 2.75. The molecule has 1 rings (SSSR count). The average molecular weight is 628 g/mol. The highest BCUT2D eigenvalue weighted by molar-refractivity contribution is 14.1. The number of alkyl halides is 7. The van der Waals surface area contributed by atoms with Gasteiger partial charge in [0.1, 0.15) is 5.75 Å². The molecule has 0 saturated carbocycles. The monoisotopic (exact) mass is 628 g/mol. The molecule has 0 bridgehead atoms. The van der Waals surface area contributed by atoms with Crippen molar-refractivity contribution in [3.63, 3.8) is 0 Å². The van der Waals surface area contributed by atoms with Gasteiger partial charge in [-0.1, -0.05) is 0 Å². The normalized spacial score (nSPS) is 13.0. The van der Waals surface area contributed by atoms with E-state index >= 15 is 0 Å². The molecule has 0 amide bonds. The molecule has 0 aliphatic carbocycles. The molecule has 0 saturated heterocycles. The predicted molar refractivity (Wildman–Crippen MR) is 96.1 cm³/mol. The molecule has 0 radical (unpaired) electrons. The summed E-state index contributed by atoms with van der Waals surface area (Å²) in [5, 5.41) is 2.77. The first-order valence-electron chi connectivity index (χ1n) is 6.54. The number of hydrogen-bond donors (Lipinski definition) is 1. The van der Waals surface area contributed by atoms with Crippen molar-refractivity contribution in [1.29, 1.82) is 0 Å². The quantitative estimate of drug-likeness (QED) is 0.123. The fourth-order valence-electron chi connectivity index (χ4n) is 1.42. The lowest BCUT2D eigenvalue weighted by atomic mass is 10.2. The van der Waals surface area contributed by atoms with E-state index in [4.69, 9.17) is 4.74 Å². The van der Waals surface area contributed by atoms with Crippen LogP contribution in [0.5, 0.6) is 5.75 Å². The van der Waals surface area contributed by atoms with Crippen LogP contribution in [-0.2, 0) is 9.53 Å². The molecule has 1 N–H and O–H groups in total. The van der Waals surface area contributed by atoms with E-state index in [1.54, 1.807) is 45.2 Å². The van der Waals surface area contributed by atoms with E-state index in [1.165, 1.54) is 12.1 Å². The summed E-state index contributed by atoms with van der Waals surface area (Å²) in [6.45, 7) is -0.393. The molecule has 1 aromatic carbocycles. The summed E-state index contributed by atoms with van der Waals surface area (Å²) in [4.78, 5) is 11.1. The molecule has 1 aromatic rings. The molecule has 14 heteroatoms. The summed E-state index contributed by atoms with van der Waals surface area (Å²) in [6, 6.07) is -3.01. The number of hydrazone groups is 1. The summed E-state index contributed by atoms with van der Waals surface area (Å²) in [5.41, 5.74) is 0.629. The van der Waals surface area contributed by atoms with Crippen molar-refractivity contribution in [2.24, 2.45) is 5.10 Å². The van der Waals surface area contributed by atoms with Crippen molar-refractivity contribution >= 4 is 57.4 Å². The lowest BCUT2D eigenvalue weighted by Gasteiger charge is -2.27. The Morgan fingerprint density at radius 2 is 1.67 bits per heavy atom. The minimum Gasteiger partial charge on any atom is -0.480 e. The fourth-order valence-corrected chi connectivity index (χ4v) is 3.55. The summed E-state index contributed by atoms with van der Waals surface area (Å²) < 4.78 is 98.1. The number of rotatable bonds is 7. The standard InChI is InChI=1S/C13H9F7I2N2O3/c1-26-9(25)5-27-10-7(21)2-6(3-8(10)22)4-23-24-13(19,20)11(14,15)12(16,17)18/h2-4,24H,5H2,1H3/b23-4+. The van der Waals surface area contributed by atoms with Crippen LogP contribution in [0, 0.1) is 7.14 Å². The Hall–Kier alpha value is -1.07. The zero-order valence-electron chi connectivity index (χ0n) is 13.0. The van der Waals surface area contributed by atoms with Gasteiger partial charge in [-0.15, -0.1) is 0 Å². The Morgan fingerprint density at radius 1 is 1.15 bits per heavy atom. The highest BCUT2D eigenvalue weighted by atomic mass is 127. The minimum atomic E-state index is -6.46. The highest BCUT2D eigenvalue weighted by Gasteiger charge is 2.73. The van der Waals surface area contributed by atoms with Crippen LogP contribution in [0.15, 0.2) is 17.2 Å². The summed E-state index contributed by atoms with van der Waals surface area (Å²) in [7, 11) is 1.16. The van der Waals surface area contributed by atoms with Crippen LogP contribution in [0.2, 0.25) is 0 Å². The fraction of sp³-hybridized carbons (Fsp3) is 0.385. The zero-order valence-corrected chi connectivity index (χ0v) is 17.3. The van der Waals surface area contributed by atoms with Crippen LogP contribution in [-0.4, -0.2) is 44.0 Å². The number of ether oxygens (including phenoxy) is 2. The summed E-state index contributed by atoms with van der Waals surface area (Å²) >= 11 is 3.56. The molecule has 0 atom stereocenters. The Bertz CT molecular complexity index is 703. The predicted octanol–water partition coefficient (Wildman–Crippen LogP) is 4.16. The number of carbonyl (C=O) groups excluding carboxylic acids is 1. The second kappa shape index (κ2) is 8.95. The molecule has 152 valence electrons. The van der Waals surface area contributed by atoms with Crippen LogP contribution in [0.3, 0.4) is 0 Å². The molecule has 0 heterocycles. The Balaban J connectivity index is 2.92. The number of halogens is 9. The van der Waals surface area contributed by atoms with Crippen LogP contribution in [0.25, 0.3) is 0 Å². The number of benzene rings is 1. The van der Waals surface area contributed by atoms with Gasteiger partial charge in [-0.25, -0.2) is 10.2 Å². The Morgan fingerprint density at radius 3 is 2.11 bits per heavy atom. The van der Waals surface area contributed by atoms with Crippen LogP contribution >= 0.6 is 45.2 Å². The first kappa shape index (κ1) is 24.0. The van der Waals surface area contributed by atoms with E-state index < -0.39 is 30.7 Å². The molecular weight excluding hydrogens is 619 g/mol. The minimum absolute atomic E-state index is 0.104. The second-order valence-electron chi connectivity index (χ2n) is 4.70. The smallest absolute Gasteiger partial charge is 0.462 e. The molecule has 0 fully saturated rings. The number of nitrogens with zero attached hydrogens (tertiary/aromatic N) is 1. The highest BCUT2D eigenvalue weighted by Crippen LogP contribution is 2.45. The van der Waals surface area contributed by atoms with Gasteiger partial charge in [0.25, 0.3) is 0 Å². The van der Waals surface area contributed by atoms with E-state index in [0.29, 0.717) is 18.8 Å². The van der Waals surface area contributed by atoms with Gasteiger partial charge in [0.05, 0.1) is 20.5 Å². The summed E-state index contributed by atoms with van der Waals surface area (Å²) in [5.74, 6) is -6.70. The Labute approximate surface area is 174 Å². The first-order chi connectivity index (χ1) is 12.2. The molecule has 0 unspecified atom stereocenters. The average Bonchev–Trinajstić information content (AvgIpc) is 2.52. The molecular formula is C13H9F7I2N2O3. The van der Waals surface area contributed by atoms with Gasteiger partial charge in [-0.2, -0.15) is 35.8 Å². The van der Waals surface area contributed by atoms with Crippen molar-refractivity contribution < 1.29 is 45.0 Å². The van der Waals surface area contributed by atoms with E-state index in [9.17, 15) is 35.5 Å². The maximum Gasteiger partial charge on any atom is 0.462 e. The second-order valence-corrected chi connectivity index (χ2v) is 7.02. The van der Waals surface area contributed by atoms with Crippen LogP contribution in [0.1, 0.15) is 5.56 Å². The maximum atomic E-state index is 13.1. The van der Waals surface area contributed by atoms with Gasteiger partial charge in [0.15, 0.2) is 6.61 Å². The van der Waals surface area contributed by atoms with E-state index in [0.717, 1.165) is 7.11 Å². The molecule has 0 aromatic heterocycles. The zero-order chi connectivity index (χ0) is 21.0. The molecule has 0 spiro atoms. The van der Waals surface area contributed by atoms with Gasteiger partial charge in [0, 0.05) is 0 Å². The van der Waals surface area contributed by atoms with Crippen LogP contribution < -0.4 is 10.2 Å². The largest absolute Gasteiger partial charge is 0.480 e. The van der Waals surface area contributed by atoms with E-state index in [1.807, 2.05) is 0 Å². The lowest BCUT2D eigenvalue weighted by Crippen LogP contribution is -2.58. The van der Waals surface area contributed by atoms with E-state index in [2.05, 4.69) is 9.84 Å². The number of esters is 1. The number of carbonyl (C=O) groups is 1.